The van der Waals surface area contributed by atoms with Crippen LogP contribution in [0.3, 0.4) is 0 Å². The van der Waals surface area contributed by atoms with Gasteiger partial charge in [0.2, 0.25) is 0 Å². The molecule has 3 saturated heterocycles. The van der Waals surface area contributed by atoms with Crippen LogP contribution in [0.5, 0.6) is 0 Å². The molecule has 0 saturated carbocycles. The van der Waals surface area contributed by atoms with Crippen LogP contribution >= 0.6 is 0 Å². The van der Waals surface area contributed by atoms with E-state index >= 15 is 0 Å². The number of benzene rings is 1. The van der Waals surface area contributed by atoms with Crippen molar-refractivity contribution in [3.63, 3.8) is 0 Å². The van der Waals surface area contributed by atoms with Crippen molar-refractivity contribution in [2.24, 2.45) is 0 Å². The van der Waals surface area contributed by atoms with Crippen molar-refractivity contribution < 1.29 is 21.6 Å². The highest BCUT2D eigenvalue weighted by molar-refractivity contribution is 7.92. The first-order valence-electron chi connectivity index (χ1n) is 7.40. The van der Waals surface area contributed by atoms with Gasteiger partial charge in [-0.1, -0.05) is 12.1 Å². The summed E-state index contributed by atoms with van der Waals surface area (Å²) in [7, 11) is -5.36. The summed E-state index contributed by atoms with van der Waals surface area (Å²) in [5.41, 5.74) is -5.30. The fourth-order valence-corrected chi connectivity index (χ4v) is 4.05. The lowest BCUT2D eigenvalue weighted by atomic mass is 10.1. The number of alkyl halides is 3. The van der Waals surface area contributed by atoms with Crippen LogP contribution in [0.2, 0.25) is 0 Å². The number of anilines is 1. The molecule has 3 fully saturated rings. The van der Waals surface area contributed by atoms with Crippen molar-refractivity contribution in [1.82, 2.24) is 9.80 Å². The second-order valence-corrected chi connectivity index (χ2v) is 7.73. The predicted octanol–water partition coefficient (Wildman–Crippen LogP) is 1.39. The Morgan fingerprint density at radius 2 is 1.78 bits per heavy atom. The Balaban J connectivity index is 1.77. The Bertz CT molecular complexity index is 670. The molecule has 1 aromatic rings. The van der Waals surface area contributed by atoms with Crippen LogP contribution in [0.15, 0.2) is 29.2 Å². The predicted molar refractivity (Wildman–Crippen MR) is 80.0 cm³/mol. The van der Waals surface area contributed by atoms with Crippen molar-refractivity contribution in [2.45, 2.75) is 16.4 Å². The Morgan fingerprint density at radius 3 is 2.35 bits per heavy atom. The van der Waals surface area contributed by atoms with Gasteiger partial charge in [-0.2, -0.15) is 13.2 Å². The van der Waals surface area contributed by atoms with Crippen molar-refractivity contribution in [2.75, 3.05) is 44.6 Å². The molecule has 1 atom stereocenters. The van der Waals surface area contributed by atoms with Crippen LogP contribution < -0.4 is 5.32 Å². The topological polar surface area (TPSA) is 52.7 Å². The number of rotatable bonds is 4. The molecule has 0 spiro atoms. The molecule has 23 heavy (non-hydrogen) atoms. The largest absolute Gasteiger partial charge is 0.501 e. The van der Waals surface area contributed by atoms with E-state index in [0.29, 0.717) is 6.54 Å². The third-order valence-electron chi connectivity index (χ3n) is 4.40. The Labute approximate surface area is 133 Å². The summed E-state index contributed by atoms with van der Waals surface area (Å²) in [5.74, 6) is 0. The van der Waals surface area contributed by atoms with Gasteiger partial charge in [0.1, 0.15) is 0 Å². The maximum Gasteiger partial charge on any atom is 0.501 e. The summed E-state index contributed by atoms with van der Waals surface area (Å²) in [6, 6.07) is 5.35. The molecular formula is C14H18F3N3O2S. The first-order chi connectivity index (χ1) is 10.8. The lowest BCUT2D eigenvalue weighted by Crippen LogP contribution is -2.62. The number of hydrogen-bond acceptors (Lipinski definition) is 5. The molecule has 1 aromatic carbocycles. The molecule has 0 radical (unpaired) electrons. The van der Waals surface area contributed by atoms with Crippen LogP contribution in [0.25, 0.3) is 0 Å². The summed E-state index contributed by atoms with van der Waals surface area (Å²) in [6.45, 7) is 5.16. The van der Waals surface area contributed by atoms with Crippen molar-refractivity contribution >= 4 is 15.5 Å². The first-order valence-corrected chi connectivity index (χ1v) is 8.88. The van der Waals surface area contributed by atoms with Crippen LogP contribution in [-0.4, -0.2) is 69.0 Å². The van der Waals surface area contributed by atoms with Crippen LogP contribution in [0.4, 0.5) is 18.9 Å². The summed E-state index contributed by atoms with van der Waals surface area (Å²) < 4.78 is 61.7. The van der Waals surface area contributed by atoms with Crippen LogP contribution in [0.1, 0.15) is 0 Å². The zero-order chi connectivity index (χ0) is 16.7. The minimum Gasteiger partial charge on any atom is -0.382 e. The molecule has 0 aromatic heterocycles. The molecule has 2 bridgehead atoms. The number of para-hydroxylation sites is 1. The monoisotopic (exact) mass is 349 g/mol. The number of piperazine rings is 3. The molecule has 3 aliphatic rings. The van der Waals surface area contributed by atoms with E-state index in [9.17, 15) is 21.6 Å². The number of halogens is 3. The number of sulfone groups is 1. The number of hydrogen-bond donors (Lipinski definition) is 1. The number of fused-ring (bicyclic) bond motifs is 3. The number of nitrogens with one attached hydrogen (secondary N) is 1. The fraction of sp³-hybridized carbons (Fsp3) is 0.571. The molecule has 5 nitrogen and oxygen atoms in total. The summed E-state index contributed by atoms with van der Waals surface area (Å²) in [5, 5.41) is 2.90. The smallest absolute Gasteiger partial charge is 0.382 e. The lowest BCUT2D eigenvalue weighted by molar-refractivity contribution is -0.0435. The van der Waals surface area contributed by atoms with E-state index in [0.717, 1.165) is 38.8 Å². The Kier molecular flexibility index (Phi) is 4.28. The average Bonchev–Trinajstić information content (AvgIpc) is 2.53. The highest BCUT2D eigenvalue weighted by atomic mass is 32.2. The summed E-state index contributed by atoms with van der Waals surface area (Å²) >= 11 is 0. The molecule has 1 unspecified atom stereocenters. The molecule has 1 N–H and O–H groups in total. The quantitative estimate of drug-likeness (QED) is 0.890. The Morgan fingerprint density at radius 1 is 1.13 bits per heavy atom. The second-order valence-electron chi connectivity index (χ2n) is 5.82. The Hall–Kier alpha value is -1.32. The van der Waals surface area contributed by atoms with Gasteiger partial charge in [-0.15, -0.1) is 0 Å². The molecule has 3 aliphatic heterocycles. The third kappa shape index (κ3) is 3.17. The van der Waals surface area contributed by atoms with Gasteiger partial charge >= 0.3 is 5.51 Å². The molecule has 0 aliphatic carbocycles. The van der Waals surface area contributed by atoms with Gasteiger partial charge in [0.05, 0.1) is 10.6 Å². The maximum atomic E-state index is 12.8. The second kappa shape index (κ2) is 5.95. The summed E-state index contributed by atoms with van der Waals surface area (Å²) in [6.07, 6.45) is 0. The maximum absolute atomic E-state index is 12.8. The molecule has 9 heteroatoms. The third-order valence-corrected chi connectivity index (χ3v) is 5.95. The van der Waals surface area contributed by atoms with E-state index in [2.05, 4.69) is 15.1 Å². The van der Waals surface area contributed by atoms with Crippen LogP contribution in [-0.2, 0) is 9.84 Å². The van der Waals surface area contributed by atoms with Gasteiger partial charge in [0, 0.05) is 45.3 Å². The normalized spacial score (nSPS) is 27.9. The highest BCUT2D eigenvalue weighted by Crippen LogP contribution is 2.34. The van der Waals surface area contributed by atoms with E-state index in [1.165, 1.54) is 18.2 Å². The molecule has 128 valence electrons. The van der Waals surface area contributed by atoms with Crippen LogP contribution in [0, 0.1) is 0 Å². The van der Waals surface area contributed by atoms with E-state index < -0.39 is 20.2 Å². The van der Waals surface area contributed by atoms with Gasteiger partial charge in [-0.05, 0) is 12.1 Å². The highest BCUT2D eigenvalue weighted by Gasteiger charge is 2.48. The van der Waals surface area contributed by atoms with E-state index in [4.69, 9.17) is 0 Å². The fourth-order valence-electron chi connectivity index (χ4n) is 3.12. The minimum absolute atomic E-state index is 0.00229. The van der Waals surface area contributed by atoms with E-state index in [1.54, 1.807) is 0 Å². The number of nitrogens with zero attached hydrogens (tertiary/aromatic N) is 2. The lowest BCUT2D eigenvalue weighted by Gasteiger charge is -2.47. The zero-order valence-corrected chi connectivity index (χ0v) is 13.2. The summed E-state index contributed by atoms with van der Waals surface area (Å²) in [4.78, 5) is 3.88. The zero-order valence-electron chi connectivity index (χ0n) is 12.4. The van der Waals surface area contributed by atoms with E-state index in [-0.39, 0.29) is 11.7 Å². The molecule has 0 amide bonds. The van der Waals surface area contributed by atoms with Crippen molar-refractivity contribution in [3.8, 4) is 0 Å². The van der Waals surface area contributed by atoms with Gasteiger partial charge in [0.15, 0.2) is 0 Å². The van der Waals surface area contributed by atoms with E-state index in [1.807, 2.05) is 0 Å². The van der Waals surface area contributed by atoms with Gasteiger partial charge in [-0.25, -0.2) is 8.42 Å². The first kappa shape index (κ1) is 16.5. The van der Waals surface area contributed by atoms with Gasteiger partial charge < -0.3 is 5.32 Å². The van der Waals surface area contributed by atoms with Gasteiger partial charge in [-0.3, -0.25) is 9.80 Å². The standard InChI is InChI=1S/C14H18F3N3O2S/c15-14(16,17)23(21,22)13-4-2-1-3-12(13)18-9-11-10-19-5-7-20(11)8-6-19/h1-4,11,18H,5-10H2. The van der Waals surface area contributed by atoms with Crippen molar-refractivity contribution in [1.29, 1.82) is 0 Å². The van der Waals surface area contributed by atoms with Gasteiger partial charge in [0.25, 0.3) is 9.84 Å². The average molecular weight is 349 g/mol. The molecule has 4 rings (SSSR count). The van der Waals surface area contributed by atoms with Crippen molar-refractivity contribution in [3.05, 3.63) is 24.3 Å². The molecule has 3 heterocycles. The SMILES string of the molecule is O=S(=O)(c1ccccc1NCC1CN2CCN1CC2)C(F)(F)F. The molecular weight excluding hydrogens is 331 g/mol. The minimum atomic E-state index is -5.36.